The summed E-state index contributed by atoms with van der Waals surface area (Å²) in [5.41, 5.74) is 2.66. The predicted octanol–water partition coefficient (Wildman–Crippen LogP) is 3.07. The van der Waals surface area contributed by atoms with Gasteiger partial charge in [-0.3, -0.25) is 4.79 Å². The van der Waals surface area contributed by atoms with Gasteiger partial charge in [0, 0.05) is 12.5 Å². The first-order chi connectivity index (χ1) is 8.27. The minimum Gasteiger partial charge on any atom is -0.335 e. The average Bonchev–Trinajstić information content (AvgIpc) is 3.07. The first kappa shape index (κ1) is 10.8. The number of hydrogen-bond acceptors (Lipinski definition) is 1. The Bertz CT molecular complexity index is 436. The summed E-state index contributed by atoms with van der Waals surface area (Å²) in [7, 11) is 0. The zero-order chi connectivity index (χ0) is 11.8. The van der Waals surface area contributed by atoms with Gasteiger partial charge in [0.1, 0.15) is 0 Å². The Kier molecular flexibility index (Phi) is 2.65. The lowest BCUT2D eigenvalue weighted by Crippen LogP contribution is -2.32. The predicted molar refractivity (Wildman–Crippen MR) is 67.6 cm³/mol. The molecule has 1 aliphatic heterocycles. The van der Waals surface area contributed by atoms with Crippen LogP contribution in [0, 0.1) is 12.8 Å². The van der Waals surface area contributed by atoms with Crippen LogP contribution in [0.2, 0.25) is 0 Å². The van der Waals surface area contributed by atoms with Crippen molar-refractivity contribution in [3.05, 3.63) is 35.4 Å². The SMILES string of the molecule is Cc1ccccc1C1CCCN1C(=O)C1CC1. The molecule has 0 radical (unpaired) electrons. The minimum absolute atomic E-state index is 0.337. The molecule has 1 unspecified atom stereocenters. The van der Waals surface area contributed by atoms with Gasteiger partial charge in [0.2, 0.25) is 5.91 Å². The zero-order valence-corrected chi connectivity index (χ0v) is 10.4. The standard InChI is InChI=1S/C15H19NO/c1-11-5-2-3-6-13(11)14-7-4-10-16(14)15(17)12-8-9-12/h2-3,5-6,12,14H,4,7-10H2,1H3. The smallest absolute Gasteiger partial charge is 0.226 e. The number of carbonyl (C=O) groups excluding carboxylic acids is 1. The van der Waals surface area contributed by atoms with Gasteiger partial charge in [-0.25, -0.2) is 0 Å². The normalized spacial score (nSPS) is 24.1. The highest BCUT2D eigenvalue weighted by Gasteiger charge is 2.38. The Hall–Kier alpha value is -1.31. The molecule has 3 rings (SSSR count). The number of rotatable bonds is 2. The van der Waals surface area contributed by atoms with Crippen LogP contribution < -0.4 is 0 Å². The van der Waals surface area contributed by atoms with E-state index in [4.69, 9.17) is 0 Å². The van der Waals surface area contributed by atoms with Gasteiger partial charge in [-0.2, -0.15) is 0 Å². The van der Waals surface area contributed by atoms with E-state index in [0.29, 0.717) is 17.9 Å². The molecule has 1 aromatic rings. The highest BCUT2D eigenvalue weighted by molar-refractivity contribution is 5.81. The molecule has 1 heterocycles. The molecule has 0 bridgehead atoms. The lowest BCUT2D eigenvalue weighted by Gasteiger charge is -2.26. The molecule has 1 saturated carbocycles. The number of likely N-dealkylation sites (tertiary alicyclic amines) is 1. The summed E-state index contributed by atoms with van der Waals surface area (Å²) >= 11 is 0. The lowest BCUT2D eigenvalue weighted by molar-refractivity contribution is -0.133. The fraction of sp³-hybridized carbons (Fsp3) is 0.533. The van der Waals surface area contributed by atoms with Gasteiger partial charge >= 0.3 is 0 Å². The molecule has 2 fully saturated rings. The van der Waals surface area contributed by atoms with Gasteiger partial charge in [0.15, 0.2) is 0 Å². The van der Waals surface area contributed by atoms with Crippen molar-refractivity contribution in [3.8, 4) is 0 Å². The topological polar surface area (TPSA) is 20.3 Å². The van der Waals surface area contributed by atoms with E-state index in [-0.39, 0.29) is 0 Å². The van der Waals surface area contributed by atoms with Gasteiger partial charge in [0.25, 0.3) is 0 Å². The first-order valence-corrected chi connectivity index (χ1v) is 6.63. The minimum atomic E-state index is 0.337. The van der Waals surface area contributed by atoms with Gasteiger partial charge < -0.3 is 4.90 Å². The molecule has 1 amide bonds. The number of nitrogens with zero attached hydrogens (tertiary/aromatic N) is 1. The van der Waals surface area contributed by atoms with Gasteiger partial charge in [0.05, 0.1) is 6.04 Å². The van der Waals surface area contributed by atoms with Crippen molar-refractivity contribution in [3.63, 3.8) is 0 Å². The maximum atomic E-state index is 12.2. The van der Waals surface area contributed by atoms with Crippen molar-refractivity contribution in [2.45, 2.75) is 38.6 Å². The number of amides is 1. The van der Waals surface area contributed by atoms with E-state index in [2.05, 4.69) is 36.1 Å². The summed E-state index contributed by atoms with van der Waals surface area (Å²) in [4.78, 5) is 14.4. The fourth-order valence-corrected chi connectivity index (χ4v) is 2.88. The fourth-order valence-electron chi connectivity index (χ4n) is 2.88. The summed E-state index contributed by atoms with van der Waals surface area (Å²) in [5.74, 6) is 0.746. The molecule has 2 heteroatoms. The Morgan fingerprint density at radius 3 is 2.71 bits per heavy atom. The van der Waals surface area contributed by atoms with E-state index in [0.717, 1.165) is 32.2 Å². The number of benzene rings is 1. The summed E-state index contributed by atoms with van der Waals surface area (Å²) in [6.07, 6.45) is 4.49. The highest BCUT2D eigenvalue weighted by Crippen LogP contribution is 2.39. The van der Waals surface area contributed by atoms with Crippen molar-refractivity contribution in [1.82, 2.24) is 4.90 Å². The Balaban J connectivity index is 1.86. The second-order valence-corrected chi connectivity index (χ2v) is 5.32. The third-order valence-corrected chi connectivity index (χ3v) is 4.01. The van der Waals surface area contributed by atoms with Gasteiger partial charge in [-0.15, -0.1) is 0 Å². The van der Waals surface area contributed by atoms with E-state index < -0.39 is 0 Å². The second kappa shape index (κ2) is 4.17. The van der Waals surface area contributed by atoms with Crippen molar-refractivity contribution in [1.29, 1.82) is 0 Å². The van der Waals surface area contributed by atoms with Crippen LogP contribution in [0.4, 0.5) is 0 Å². The van der Waals surface area contributed by atoms with Crippen molar-refractivity contribution >= 4 is 5.91 Å². The molecule has 1 aromatic carbocycles. The number of aryl methyl sites for hydroxylation is 1. The molecule has 1 aliphatic carbocycles. The molecule has 1 atom stereocenters. The van der Waals surface area contributed by atoms with E-state index in [1.807, 2.05) is 0 Å². The molecule has 1 saturated heterocycles. The monoisotopic (exact) mass is 229 g/mol. The Morgan fingerprint density at radius 1 is 1.24 bits per heavy atom. The van der Waals surface area contributed by atoms with E-state index >= 15 is 0 Å². The van der Waals surface area contributed by atoms with Crippen LogP contribution in [0.15, 0.2) is 24.3 Å². The summed E-state index contributed by atoms with van der Waals surface area (Å²) in [6.45, 7) is 3.10. The molecule has 2 aliphatic rings. The summed E-state index contributed by atoms with van der Waals surface area (Å²) in [5, 5.41) is 0. The van der Waals surface area contributed by atoms with Crippen molar-refractivity contribution < 1.29 is 4.79 Å². The largest absolute Gasteiger partial charge is 0.335 e. The van der Waals surface area contributed by atoms with Gasteiger partial charge in [-0.05, 0) is 43.7 Å². The number of hydrogen-bond donors (Lipinski definition) is 0. The third-order valence-electron chi connectivity index (χ3n) is 4.01. The van der Waals surface area contributed by atoms with Crippen molar-refractivity contribution in [2.24, 2.45) is 5.92 Å². The maximum absolute atomic E-state index is 12.2. The van der Waals surface area contributed by atoms with Crippen LogP contribution in [0.25, 0.3) is 0 Å². The van der Waals surface area contributed by atoms with Crippen molar-refractivity contribution in [2.75, 3.05) is 6.54 Å². The highest BCUT2D eigenvalue weighted by atomic mass is 16.2. The van der Waals surface area contributed by atoms with Crippen LogP contribution >= 0.6 is 0 Å². The van der Waals surface area contributed by atoms with Crippen LogP contribution in [-0.2, 0) is 4.79 Å². The van der Waals surface area contributed by atoms with Gasteiger partial charge in [-0.1, -0.05) is 24.3 Å². The van der Waals surface area contributed by atoms with Crippen LogP contribution in [0.3, 0.4) is 0 Å². The average molecular weight is 229 g/mol. The maximum Gasteiger partial charge on any atom is 0.226 e. The molecule has 0 spiro atoms. The van der Waals surface area contributed by atoms with Crippen LogP contribution in [0.1, 0.15) is 42.9 Å². The van der Waals surface area contributed by atoms with E-state index in [1.54, 1.807) is 0 Å². The third kappa shape index (κ3) is 1.97. The zero-order valence-electron chi connectivity index (χ0n) is 10.4. The van der Waals surface area contributed by atoms with Crippen LogP contribution in [-0.4, -0.2) is 17.4 Å². The van der Waals surface area contributed by atoms with Crippen LogP contribution in [0.5, 0.6) is 0 Å². The Morgan fingerprint density at radius 2 is 2.00 bits per heavy atom. The molecule has 90 valence electrons. The second-order valence-electron chi connectivity index (χ2n) is 5.32. The lowest BCUT2D eigenvalue weighted by atomic mass is 9.99. The molecule has 0 aromatic heterocycles. The Labute approximate surface area is 103 Å². The number of carbonyl (C=O) groups is 1. The van der Waals surface area contributed by atoms with E-state index in [9.17, 15) is 4.79 Å². The molecule has 0 N–H and O–H groups in total. The van der Waals surface area contributed by atoms with E-state index in [1.165, 1.54) is 11.1 Å². The quantitative estimate of drug-likeness (QED) is 0.763. The molecule has 17 heavy (non-hydrogen) atoms. The summed E-state index contributed by atoms with van der Waals surface area (Å²) in [6, 6.07) is 8.82. The summed E-state index contributed by atoms with van der Waals surface area (Å²) < 4.78 is 0. The molecular formula is C15H19NO. The molecule has 2 nitrogen and oxygen atoms in total. The first-order valence-electron chi connectivity index (χ1n) is 6.63. The molecular weight excluding hydrogens is 210 g/mol.